The molecule has 5 nitrogen and oxygen atoms in total. The molecule has 0 radical (unpaired) electrons. The van der Waals surface area contributed by atoms with Gasteiger partial charge in [-0.15, -0.1) is 0 Å². The number of carbonyl (C=O) groups is 1. The summed E-state index contributed by atoms with van der Waals surface area (Å²) in [5, 5.41) is 3.36. The molecule has 0 aromatic carbocycles. The van der Waals surface area contributed by atoms with Crippen LogP contribution in [0.4, 0.5) is 0 Å². The highest BCUT2D eigenvalue weighted by Gasteiger charge is 2.32. The number of nitrogens with one attached hydrogen (secondary N) is 1. The fraction of sp³-hybridized carbons (Fsp3) is 0.737. The van der Waals surface area contributed by atoms with Crippen LogP contribution in [0.15, 0.2) is 6.20 Å². The molecule has 2 fully saturated rings. The number of nitrogens with zero attached hydrogens (tertiary/aromatic N) is 3. The average molecular weight is 328 g/mol. The number of rotatable bonds is 4. The molecule has 1 N–H and O–H groups in total. The number of hydrogen-bond donors (Lipinski definition) is 1. The lowest BCUT2D eigenvalue weighted by Crippen LogP contribution is -2.32. The number of carbonyl (C=O) groups excluding carboxylic acids is 1. The Morgan fingerprint density at radius 3 is 3.00 bits per heavy atom. The number of fused-ring (bicyclic) bond motifs is 1. The summed E-state index contributed by atoms with van der Waals surface area (Å²) in [6, 6.07) is 0.0984. The Bertz CT molecular complexity index is 597. The Kier molecular flexibility index (Phi) is 4.79. The van der Waals surface area contributed by atoms with E-state index in [-0.39, 0.29) is 6.04 Å². The van der Waals surface area contributed by atoms with Crippen LogP contribution in [0.25, 0.3) is 0 Å². The van der Waals surface area contributed by atoms with E-state index in [9.17, 15) is 4.79 Å². The molecule has 1 amide bonds. The van der Waals surface area contributed by atoms with Gasteiger partial charge in [0.25, 0.3) is 0 Å². The van der Waals surface area contributed by atoms with Crippen molar-refractivity contribution in [2.24, 2.45) is 5.92 Å². The van der Waals surface area contributed by atoms with Gasteiger partial charge in [-0.1, -0.05) is 25.7 Å². The minimum atomic E-state index is 0.0984. The van der Waals surface area contributed by atoms with Gasteiger partial charge in [0.2, 0.25) is 5.91 Å². The average Bonchev–Trinajstić information content (AvgIpc) is 3.31. The molecule has 1 aromatic rings. The Balaban J connectivity index is 1.43. The van der Waals surface area contributed by atoms with Gasteiger partial charge in [-0.25, -0.2) is 9.97 Å². The van der Waals surface area contributed by atoms with E-state index in [1.165, 1.54) is 36.9 Å². The van der Waals surface area contributed by atoms with Gasteiger partial charge in [-0.05, 0) is 25.2 Å². The van der Waals surface area contributed by atoms with Crippen molar-refractivity contribution < 1.29 is 4.79 Å². The zero-order valence-corrected chi connectivity index (χ0v) is 14.5. The van der Waals surface area contributed by atoms with E-state index in [2.05, 4.69) is 15.2 Å². The predicted molar refractivity (Wildman–Crippen MR) is 92.3 cm³/mol. The van der Waals surface area contributed by atoms with E-state index in [1.807, 2.05) is 6.20 Å². The van der Waals surface area contributed by atoms with Crippen molar-refractivity contribution in [3.05, 3.63) is 23.3 Å². The standard InChI is InChI=1S/C19H28N4O/c24-18(8-7-14-4-1-2-5-14)23-11-3-6-17(23)19-21-13-15-12-20-10-9-16(15)22-19/h13-14,17,20H,1-12H2. The Morgan fingerprint density at radius 1 is 1.25 bits per heavy atom. The molecule has 130 valence electrons. The minimum Gasteiger partial charge on any atom is -0.332 e. The third-order valence-corrected chi connectivity index (χ3v) is 5.94. The molecular weight excluding hydrogens is 300 g/mol. The molecule has 24 heavy (non-hydrogen) atoms. The molecule has 2 aliphatic heterocycles. The highest BCUT2D eigenvalue weighted by atomic mass is 16.2. The largest absolute Gasteiger partial charge is 0.332 e. The van der Waals surface area contributed by atoms with Gasteiger partial charge in [-0.3, -0.25) is 4.79 Å². The zero-order chi connectivity index (χ0) is 16.4. The van der Waals surface area contributed by atoms with Gasteiger partial charge in [0.1, 0.15) is 0 Å². The minimum absolute atomic E-state index is 0.0984. The summed E-state index contributed by atoms with van der Waals surface area (Å²) in [5.41, 5.74) is 2.38. The topological polar surface area (TPSA) is 58.1 Å². The van der Waals surface area contributed by atoms with Crippen molar-refractivity contribution in [2.45, 2.75) is 70.4 Å². The molecule has 1 atom stereocenters. The first-order valence-electron chi connectivity index (χ1n) is 9.66. The van der Waals surface area contributed by atoms with Crippen molar-refractivity contribution in [3.63, 3.8) is 0 Å². The highest BCUT2D eigenvalue weighted by molar-refractivity contribution is 5.76. The van der Waals surface area contributed by atoms with Crippen LogP contribution in [-0.2, 0) is 17.8 Å². The van der Waals surface area contributed by atoms with Crippen molar-refractivity contribution in [1.82, 2.24) is 20.2 Å². The number of amides is 1. The summed E-state index contributed by atoms with van der Waals surface area (Å²) in [5.74, 6) is 1.96. The van der Waals surface area contributed by atoms with Crippen molar-refractivity contribution >= 4 is 5.91 Å². The number of hydrogen-bond acceptors (Lipinski definition) is 4. The van der Waals surface area contributed by atoms with E-state index < -0.39 is 0 Å². The number of likely N-dealkylation sites (tertiary alicyclic amines) is 1. The molecule has 1 saturated carbocycles. The van der Waals surface area contributed by atoms with Gasteiger partial charge in [-0.2, -0.15) is 0 Å². The highest BCUT2D eigenvalue weighted by Crippen LogP contribution is 2.33. The summed E-state index contributed by atoms with van der Waals surface area (Å²) in [7, 11) is 0. The summed E-state index contributed by atoms with van der Waals surface area (Å²) in [6.07, 6.45) is 12.1. The second kappa shape index (κ2) is 7.18. The predicted octanol–water partition coefficient (Wildman–Crippen LogP) is 2.76. The van der Waals surface area contributed by atoms with Crippen LogP contribution in [0, 0.1) is 5.92 Å². The summed E-state index contributed by atoms with van der Waals surface area (Å²) >= 11 is 0. The van der Waals surface area contributed by atoms with E-state index in [0.717, 1.165) is 57.1 Å². The molecule has 0 spiro atoms. The second-order valence-corrected chi connectivity index (χ2v) is 7.56. The van der Waals surface area contributed by atoms with E-state index in [0.29, 0.717) is 12.3 Å². The first-order chi connectivity index (χ1) is 11.8. The van der Waals surface area contributed by atoms with Crippen LogP contribution < -0.4 is 5.32 Å². The SMILES string of the molecule is O=C(CCC1CCCC1)N1CCCC1c1ncc2c(n1)CCNC2. The van der Waals surface area contributed by atoms with Crippen molar-refractivity contribution in [3.8, 4) is 0 Å². The lowest BCUT2D eigenvalue weighted by Gasteiger charge is -2.25. The lowest BCUT2D eigenvalue weighted by atomic mass is 10.0. The van der Waals surface area contributed by atoms with Gasteiger partial charge in [0, 0.05) is 49.9 Å². The molecule has 1 saturated heterocycles. The van der Waals surface area contributed by atoms with E-state index >= 15 is 0 Å². The molecule has 4 rings (SSSR count). The molecule has 3 aliphatic rings. The summed E-state index contributed by atoms with van der Waals surface area (Å²) < 4.78 is 0. The molecule has 3 heterocycles. The Morgan fingerprint density at radius 2 is 2.12 bits per heavy atom. The summed E-state index contributed by atoms with van der Waals surface area (Å²) in [4.78, 5) is 24.2. The molecule has 0 bridgehead atoms. The molecule has 5 heteroatoms. The number of aromatic nitrogens is 2. The van der Waals surface area contributed by atoms with Crippen molar-refractivity contribution in [2.75, 3.05) is 13.1 Å². The van der Waals surface area contributed by atoms with E-state index in [4.69, 9.17) is 4.98 Å². The first-order valence-corrected chi connectivity index (χ1v) is 9.66. The molecule has 1 aliphatic carbocycles. The van der Waals surface area contributed by atoms with Gasteiger partial charge >= 0.3 is 0 Å². The van der Waals surface area contributed by atoms with Crippen LogP contribution in [0.3, 0.4) is 0 Å². The van der Waals surface area contributed by atoms with Crippen molar-refractivity contribution in [1.29, 1.82) is 0 Å². The van der Waals surface area contributed by atoms with E-state index in [1.54, 1.807) is 0 Å². The maximum absolute atomic E-state index is 12.7. The fourth-order valence-electron chi connectivity index (χ4n) is 4.52. The van der Waals surface area contributed by atoms with Crippen LogP contribution >= 0.6 is 0 Å². The monoisotopic (exact) mass is 328 g/mol. The normalized spacial score (nSPS) is 24.3. The smallest absolute Gasteiger partial charge is 0.223 e. The van der Waals surface area contributed by atoms with Gasteiger partial charge in [0.05, 0.1) is 6.04 Å². The van der Waals surface area contributed by atoms with Gasteiger partial charge < -0.3 is 10.2 Å². The molecular formula is C19H28N4O. The third-order valence-electron chi connectivity index (χ3n) is 5.94. The molecule has 1 unspecified atom stereocenters. The van der Waals surface area contributed by atoms with Crippen LogP contribution in [-0.4, -0.2) is 33.9 Å². The zero-order valence-electron chi connectivity index (χ0n) is 14.5. The van der Waals surface area contributed by atoms with Crippen LogP contribution in [0.1, 0.15) is 74.5 Å². The Hall–Kier alpha value is -1.49. The summed E-state index contributed by atoms with van der Waals surface area (Å²) in [6.45, 7) is 2.72. The van der Waals surface area contributed by atoms with Gasteiger partial charge in [0.15, 0.2) is 5.82 Å². The van der Waals surface area contributed by atoms with Crippen LogP contribution in [0.5, 0.6) is 0 Å². The maximum atomic E-state index is 12.7. The quantitative estimate of drug-likeness (QED) is 0.923. The molecule has 1 aromatic heterocycles. The first kappa shape index (κ1) is 16.0. The van der Waals surface area contributed by atoms with Crippen LogP contribution in [0.2, 0.25) is 0 Å². The third kappa shape index (κ3) is 3.32. The fourth-order valence-corrected chi connectivity index (χ4v) is 4.52. The Labute approximate surface area is 144 Å². The second-order valence-electron chi connectivity index (χ2n) is 7.56. The maximum Gasteiger partial charge on any atom is 0.223 e. The lowest BCUT2D eigenvalue weighted by molar-refractivity contribution is -0.132.